The molecule has 0 radical (unpaired) electrons. The van der Waals surface area contributed by atoms with E-state index in [9.17, 15) is 23.4 Å². The third kappa shape index (κ3) is 4.35. The summed E-state index contributed by atoms with van der Waals surface area (Å²) in [5, 5.41) is 19.3. The fourth-order valence-electron chi connectivity index (χ4n) is 2.46. The van der Waals surface area contributed by atoms with Gasteiger partial charge >= 0.3 is 6.18 Å². The fourth-order valence-corrected chi connectivity index (χ4v) is 2.46. The zero-order valence-corrected chi connectivity index (χ0v) is 13.2. The molecule has 0 bridgehead atoms. The number of halogens is 3. The molecule has 130 valence electrons. The van der Waals surface area contributed by atoms with Crippen molar-refractivity contribution < 1.29 is 23.4 Å². The molecule has 2 aromatic rings. The Morgan fingerprint density at radius 1 is 0.833 bits per heavy atom. The summed E-state index contributed by atoms with van der Waals surface area (Å²) in [5.74, 6) is -3.80. The van der Waals surface area contributed by atoms with Crippen molar-refractivity contribution in [3.05, 3.63) is 71.8 Å². The highest BCUT2D eigenvalue weighted by atomic mass is 19.4. The first kappa shape index (κ1) is 18.4. The third-order valence-electron chi connectivity index (χ3n) is 4.00. The summed E-state index contributed by atoms with van der Waals surface area (Å²) in [5.41, 5.74) is 1.58. The summed E-state index contributed by atoms with van der Waals surface area (Å²) in [7, 11) is 0. The summed E-state index contributed by atoms with van der Waals surface area (Å²) in [4.78, 5) is 1.40. The molecule has 0 aromatic heterocycles. The van der Waals surface area contributed by atoms with Gasteiger partial charge < -0.3 is 10.2 Å². The molecule has 6 heteroatoms. The van der Waals surface area contributed by atoms with Gasteiger partial charge in [0.1, 0.15) is 0 Å². The standard InChI is InChI=1S/C18H20F3NO2/c1-14(17(23,24)18(19,20)21)22(12-15-8-4-2-5-9-15)13-16-10-6-3-7-11-16/h2-11,14,23-24H,12-13H2,1H3. The van der Waals surface area contributed by atoms with Gasteiger partial charge in [-0.3, -0.25) is 4.90 Å². The smallest absolute Gasteiger partial charge is 0.357 e. The number of nitrogens with zero attached hydrogens (tertiary/aromatic N) is 1. The van der Waals surface area contributed by atoms with Crippen LogP contribution in [0.15, 0.2) is 60.7 Å². The zero-order chi connectivity index (χ0) is 17.8. The lowest BCUT2D eigenvalue weighted by atomic mass is 10.0. The van der Waals surface area contributed by atoms with Crippen molar-refractivity contribution in [1.82, 2.24) is 4.90 Å². The minimum absolute atomic E-state index is 0.163. The van der Waals surface area contributed by atoms with E-state index >= 15 is 0 Å². The number of hydrogen-bond acceptors (Lipinski definition) is 3. The fraction of sp³-hybridized carbons (Fsp3) is 0.333. The molecule has 0 heterocycles. The molecule has 0 saturated heterocycles. The predicted octanol–water partition coefficient (Wildman–Crippen LogP) is 3.32. The van der Waals surface area contributed by atoms with Crippen LogP contribution in [-0.2, 0) is 13.1 Å². The first-order valence-electron chi connectivity index (χ1n) is 7.55. The van der Waals surface area contributed by atoms with Gasteiger partial charge in [-0.2, -0.15) is 13.2 Å². The van der Waals surface area contributed by atoms with Gasteiger partial charge in [0.2, 0.25) is 0 Å². The van der Waals surface area contributed by atoms with Gasteiger partial charge in [0.05, 0.1) is 6.04 Å². The Balaban J connectivity index is 2.28. The van der Waals surface area contributed by atoms with Gasteiger partial charge in [0.25, 0.3) is 5.79 Å². The number of rotatable bonds is 6. The molecular formula is C18H20F3NO2. The van der Waals surface area contributed by atoms with Crippen molar-refractivity contribution in [2.45, 2.75) is 38.0 Å². The van der Waals surface area contributed by atoms with E-state index in [1.54, 1.807) is 48.5 Å². The van der Waals surface area contributed by atoms with Crippen LogP contribution in [0.1, 0.15) is 18.1 Å². The Morgan fingerprint density at radius 2 is 1.21 bits per heavy atom. The van der Waals surface area contributed by atoms with Crippen LogP contribution in [0.2, 0.25) is 0 Å². The average Bonchev–Trinajstić information content (AvgIpc) is 2.54. The molecule has 0 fully saturated rings. The maximum atomic E-state index is 13.0. The van der Waals surface area contributed by atoms with Gasteiger partial charge in [0, 0.05) is 13.1 Å². The van der Waals surface area contributed by atoms with E-state index in [0.717, 1.165) is 11.1 Å². The van der Waals surface area contributed by atoms with E-state index in [-0.39, 0.29) is 13.1 Å². The van der Waals surface area contributed by atoms with Crippen molar-refractivity contribution in [3.63, 3.8) is 0 Å². The molecule has 1 unspecified atom stereocenters. The van der Waals surface area contributed by atoms with E-state index in [4.69, 9.17) is 0 Å². The number of alkyl halides is 3. The van der Waals surface area contributed by atoms with Crippen LogP contribution in [0.5, 0.6) is 0 Å². The summed E-state index contributed by atoms with van der Waals surface area (Å²) in [6, 6.07) is 16.4. The van der Waals surface area contributed by atoms with Crippen LogP contribution in [0.3, 0.4) is 0 Å². The van der Waals surface area contributed by atoms with Crippen molar-refractivity contribution in [2.24, 2.45) is 0 Å². The lowest BCUT2D eigenvalue weighted by molar-refractivity contribution is -0.368. The second-order valence-electron chi connectivity index (χ2n) is 5.78. The quantitative estimate of drug-likeness (QED) is 0.794. The highest BCUT2D eigenvalue weighted by Gasteiger charge is 2.57. The first-order valence-corrected chi connectivity index (χ1v) is 7.55. The van der Waals surface area contributed by atoms with Gasteiger partial charge in [-0.15, -0.1) is 0 Å². The van der Waals surface area contributed by atoms with Crippen molar-refractivity contribution >= 4 is 0 Å². The second-order valence-corrected chi connectivity index (χ2v) is 5.78. The summed E-state index contributed by atoms with van der Waals surface area (Å²) < 4.78 is 39.0. The highest BCUT2D eigenvalue weighted by Crippen LogP contribution is 2.34. The van der Waals surface area contributed by atoms with Gasteiger partial charge in [-0.05, 0) is 18.1 Å². The number of aliphatic hydroxyl groups is 2. The maximum Gasteiger partial charge on any atom is 0.444 e. The first-order chi connectivity index (χ1) is 11.2. The monoisotopic (exact) mass is 339 g/mol. The average molecular weight is 339 g/mol. The van der Waals surface area contributed by atoms with Gasteiger partial charge in [-0.1, -0.05) is 60.7 Å². The second kappa shape index (κ2) is 7.34. The predicted molar refractivity (Wildman–Crippen MR) is 84.8 cm³/mol. The van der Waals surface area contributed by atoms with E-state index < -0.39 is 18.0 Å². The Hall–Kier alpha value is -1.89. The molecular weight excluding hydrogens is 319 g/mol. The highest BCUT2D eigenvalue weighted by molar-refractivity contribution is 5.17. The van der Waals surface area contributed by atoms with Crippen LogP contribution >= 0.6 is 0 Å². The molecule has 0 saturated carbocycles. The lowest BCUT2D eigenvalue weighted by Crippen LogP contribution is -2.59. The van der Waals surface area contributed by atoms with Crippen molar-refractivity contribution in [2.75, 3.05) is 0 Å². The van der Waals surface area contributed by atoms with Crippen LogP contribution in [-0.4, -0.2) is 33.1 Å². The Morgan fingerprint density at radius 3 is 1.54 bits per heavy atom. The number of benzene rings is 2. The molecule has 24 heavy (non-hydrogen) atoms. The van der Waals surface area contributed by atoms with Crippen LogP contribution in [0.25, 0.3) is 0 Å². The summed E-state index contributed by atoms with van der Waals surface area (Å²) >= 11 is 0. The zero-order valence-electron chi connectivity index (χ0n) is 13.2. The number of hydrogen-bond donors (Lipinski definition) is 2. The Bertz CT molecular complexity index is 588. The van der Waals surface area contributed by atoms with E-state index in [1.165, 1.54) is 11.8 Å². The topological polar surface area (TPSA) is 43.7 Å². The molecule has 2 rings (SSSR count). The normalized spacial score (nSPS) is 14.0. The molecule has 0 aliphatic carbocycles. The van der Waals surface area contributed by atoms with Crippen LogP contribution in [0, 0.1) is 0 Å². The molecule has 1 atom stereocenters. The molecule has 2 aromatic carbocycles. The molecule has 2 N–H and O–H groups in total. The van der Waals surface area contributed by atoms with E-state index in [2.05, 4.69) is 0 Å². The summed E-state index contributed by atoms with van der Waals surface area (Å²) in [6.45, 7) is 1.49. The molecule has 3 nitrogen and oxygen atoms in total. The Labute approximate surface area is 139 Å². The van der Waals surface area contributed by atoms with Gasteiger partial charge in [-0.25, -0.2) is 0 Å². The van der Waals surface area contributed by atoms with Crippen molar-refractivity contribution in [3.8, 4) is 0 Å². The third-order valence-corrected chi connectivity index (χ3v) is 4.00. The molecule has 0 amide bonds. The van der Waals surface area contributed by atoms with Crippen LogP contribution in [0.4, 0.5) is 13.2 Å². The van der Waals surface area contributed by atoms with Crippen molar-refractivity contribution in [1.29, 1.82) is 0 Å². The minimum atomic E-state index is -5.14. The Kier molecular flexibility index (Phi) is 5.64. The van der Waals surface area contributed by atoms with Crippen LogP contribution < -0.4 is 0 Å². The van der Waals surface area contributed by atoms with Gasteiger partial charge in [0.15, 0.2) is 0 Å². The molecule has 0 aliphatic rings. The van der Waals surface area contributed by atoms with E-state index in [0.29, 0.717) is 0 Å². The minimum Gasteiger partial charge on any atom is -0.357 e. The largest absolute Gasteiger partial charge is 0.444 e. The SMILES string of the molecule is CC(N(Cc1ccccc1)Cc1ccccc1)C(O)(O)C(F)(F)F. The van der Waals surface area contributed by atoms with E-state index in [1.807, 2.05) is 12.1 Å². The maximum absolute atomic E-state index is 13.0. The lowest BCUT2D eigenvalue weighted by Gasteiger charge is -2.38. The summed E-state index contributed by atoms with van der Waals surface area (Å²) in [6.07, 6.45) is -5.14. The molecule has 0 spiro atoms. The molecule has 0 aliphatic heterocycles.